The second-order valence-electron chi connectivity index (χ2n) is 5.83. The number of hydrogen-bond donors (Lipinski definition) is 0. The molecule has 124 valence electrons. The van der Waals surface area contributed by atoms with E-state index in [1.807, 2.05) is 24.3 Å². The lowest BCUT2D eigenvalue weighted by Gasteiger charge is -2.08. The Bertz CT molecular complexity index is 828. The van der Waals surface area contributed by atoms with Gasteiger partial charge in [0.25, 0.3) is 0 Å². The van der Waals surface area contributed by atoms with Gasteiger partial charge in [0.1, 0.15) is 5.75 Å². The molecule has 25 heavy (non-hydrogen) atoms. The van der Waals surface area contributed by atoms with Crippen LogP contribution in [0.1, 0.15) is 23.1 Å². The maximum atomic E-state index is 5.27. The van der Waals surface area contributed by atoms with Crippen LogP contribution in [0.5, 0.6) is 5.75 Å². The van der Waals surface area contributed by atoms with Gasteiger partial charge in [-0.05, 0) is 40.8 Å². The summed E-state index contributed by atoms with van der Waals surface area (Å²) in [6, 6.07) is 29.1. The van der Waals surface area contributed by atoms with Gasteiger partial charge in [0.15, 0.2) is 0 Å². The molecule has 3 aromatic carbocycles. The zero-order chi connectivity index (χ0) is 17.3. The normalized spacial score (nSPS) is 11.6. The fourth-order valence-corrected chi connectivity index (χ4v) is 2.70. The molecule has 0 aliphatic heterocycles. The highest BCUT2D eigenvalue weighted by molar-refractivity contribution is 5.82. The van der Waals surface area contributed by atoms with Crippen LogP contribution in [0.3, 0.4) is 0 Å². The van der Waals surface area contributed by atoms with E-state index in [-0.39, 0.29) is 0 Å². The van der Waals surface area contributed by atoms with Gasteiger partial charge in [-0.2, -0.15) is 0 Å². The molecule has 0 radical (unpaired) electrons. The van der Waals surface area contributed by atoms with E-state index in [0.717, 1.165) is 12.2 Å². The standard InChI is InChI=1S/C24H22O/c1-25-24-17-15-22(16-18-24)23(19-21-11-6-3-7-12-21)14-8-13-20-9-4-2-5-10-20/h2-13,15-19H,14H2,1H3/b13-8+,23-19+. The quantitative estimate of drug-likeness (QED) is 0.480. The summed E-state index contributed by atoms with van der Waals surface area (Å²) in [6.45, 7) is 0. The molecule has 0 spiro atoms. The Kier molecular flexibility index (Phi) is 5.84. The van der Waals surface area contributed by atoms with Crippen molar-refractivity contribution in [1.82, 2.24) is 0 Å². The van der Waals surface area contributed by atoms with Crippen molar-refractivity contribution in [2.24, 2.45) is 0 Å². The van der Waals surface area contributed by atoms with E-state index in [2.05, 4.69) is 78.9 Å². The van der Waals surface area contributed by atoms with Crippen LogP contribution >= 0.6 is 0 Å². The van der Waals surface area contributed by atoms with Crippen molar-refractivity contribution in [2.45, 2.75) is 6.42 Å². The molecule has 0 bridgehead atoms. The van der Waals surface area contributed by atoms with Gasteiger partial charge < -0.3 is 4.74 Å². The zero-order valence-electron chi connectivity index (χ0n) is 14.4. The highest BCUT2D eigenvalue weighted by atomic mass is 16.5. The third-order valence-electron chi connectivity index (χ3n) is 4.05. The number of methoxy groups -OCH3 is 1. The smallest absolute Gasteiger partial charge is 0.118 e. The largest absolute Gasteiger partial charge is 0.497 e. The third kappa shape index (κ3) is 4.95. The maximum Gasteiger partial charge on any atom is 0.118 e. The van der Waals surface area contributed by atoms with Crippen LogP contribution in [0.25, 0.3) is 17.7 Å². The summed E-state index contributed by atoms with van der Waals surface area (Å²) in [7, 11) is 1.69. The number of allylic oxidation sites excluding steroid dienone is 2. The average molecular weight is 326 g/mol. The molecular formula is C24H22O. The minimum Gasteiger partial charge on any atom is -0.497 e. The average Bonchev–Trinajstić information content (AvgIpc) is 2.69. The Morgan fingerprint density at radius 1 is 0.760 bits per heavy atom. The Labute approximate surface area is 149 Å². The van der Waals surface area contributed by atoms with Gasteiger partial charge in [-0.15, -0.1) is 0 Å². The predicted molar refractivity (Wildman–Crippen MR) is 107 cm³/mol. The Hall–Kier alpha value is -3.06. The summed E-state index contributed by atoms with van der Waals surface area (Å²) in [6.07, 6.45) is 7.50. The van der Waals surface area contributed by atoms with Crippen molar-refractivity contribution in [1.29, 1.82) is 0 Å². The van der Waals surface area contributed by atoms with Gasteiger partial charge in [-0.3, -0.25) is 0 Å². The van der Waals surface area contributed by atoms with Crippen LogP contribution in [0.2, 0.25) is 0 Å². The summed E-state index contributed by atoms with van der Waals surface area (Å²) in [4.78, 5) is 0. The molecule has 1 nitrogen and oxygen atoms in total. The van der Waals surface area contributed by atoms with Crippen molar-refractivity contribution < 1.29 is 4.74 Å². The second kappa shape index (κ2) is 8.70. The van der Waals surface area contributed by atoms with Crippen LogP contribution < -0.4 is 4.74 Å². The first-order chi connectivity index (χ1) is 12.3. The van der Waals surface area contributed by atoms with E-state index in [1.54, 1.807) is 7.11 Å². The van der Waals surface area contributed by atoms with Crippen LogP contribution in [0.15, 0.2) is 91.0 Å². The van der Waals surface area contributed by atoms with Crippen molar-refractivity contribution >= 4 is 17.7 Å². The summed E-state index contributed by atoms with van der Waals surface area (Å²) < 4.78 is 5.27. The first-order valence-corrected chi connectivity index (χ1v) is 8.47. The monoisotopic (exact) mass is 326 g/mol. The van der Waals surface area contributed by atoms with E-state index in [9.17, 15) is 0 Å². The Balaban J connectivity index is 1.86. The first-order valence-electron chi connectivity index (χ1n) is 8.47. The number of rotatable bonds is 6. The first kappa shape index (κ1) is 16.8. The molecule has 0 saturated carbocycles. The predicted octanol–water partition coefficient (Wildman–Crippen LogP) is 6.34. The summed E-state index contributed by atoms with van der Waals surface area (Å²) in [5, 5.41) is 0. The lowest BCUT2D eigenvalue weighted by atomic mass is 9.99. The molecule has 3 rings (SSSR count). The molecule has 0 heterocycles. The molecule has 0 fully saturated rings. The fourth-order valence-electron chi connectivity index (χ4n) is 2.70. The lowest BCUT2D eigenvalue weighted by molar-refractivity contribution is 0.415. The second-order valence-corrected chi connectivity index (χ2v) is 5.83. The van der Waals surface area contributed by atoms with Gasteiger partial charge >= 0.3 is 0 Å². The molecule has 0 N–H and O–H groups in total. The van der Waals surface area contributed by atoms with E-state index in [0.29, 0.717) is 0 Å². The fraction of sp³-hybridized carbons (Fsp3) is 0.0833. The molecule has 0 aliphatic carbocycles. The van der Waals surface area contributed by atoms with Crippen molar-refractivity contribution in [3.05, 3.63) is 108 Å². The minimum absolute atomic E-state index is 0.871. The molecule has 1 heteroatoms. The molecular weight excluding hydrogens is 304 g/mol. The van der Waals surface area contributed by atoms with Gasteiger partial charge in [0, 0.05) is 0 Å². The Morgan fingerprint density at radius 2 is 1.36 bits per heavy atom. The third-order valence-corrected chi connectivity index (χ3v) is 4.05. The van der Waals surface area contributed by atoms with Gasteiger partial charge in [0.05, 0.1) is 7.11 Å². The lowest BCUT2D eigenvalue weighted by Crippen LogP contribution is -1.87. The van der Waals surface area contributed by atoms with Crippen LogP contribution in [-0.2, 0) is 0 Å². The van der Waals surface area contributed by atoms with Crippen LogP contribution in [0.4, 0.5) is 0 Å². The molecule has 0 saturated heterocycles. The van der Waals surface area contributed by atoms with E-state index in [4.69, 9.17) is 4.74 Å². The van der Waals surface area contributed by atoms with Crippen molar-refractivity contribution in [2.75, 3.05) is 7.11 Å². The zero-order valence-corrected chi connectivity index (χ0v) is 14.4. The molecule has 0 amide bonds. The van der Waals surface area contributed by atoms with Gasteiger partial charge in [0.2, 0.25) is 0 Å². The van der Waals surface area contributed by atoms with Gasteiger partial charge in [-0.1, -0.05) is 91.0 Å². The van der Waals surface area contributed by atoms with Crippen LogP contribution in [-0.4, -0.2) is 7.11 Å². The Morgan fingerprint density at radius 3 is 1.96 bits per heavy atom. The molecule has 3 aromatic rings. The molecule has 0 atom stereocenters. The van der Waals surface area contributed by atoms with Crippen molar-refractivity contribution in [3.63, 3.8) is 0 Å². The molecule has 0 aliphatic rings. The van der Waals surface area contributed by atoms with E-state index < -0.39 is 0 Å². The summed E-state index contributed by atoms with van der Waals surface area (Å²) >= 11 is 0. The van der Waals surface area contributed by atoms with E-state index in [1.165, 1.54) is 22.3 Å². The highest BCUT2D eigenvalue weighted by Crippen LogP contribution is 2.25. The number of ether oxygens (including phenoxy) is 1. The van der Waals surface area contributed by atoms with Gasteiger partial charge in [-0.25, -0.2) is 0 Å². The summed E-state index contributed by atoms with van der Waals surface area (Å²) in [5.74, 6) is 0.877. The molecule has 0 unspecified atom stereocenters. The SMILES string of the molecule is COc1ccc(/C(=C/c2ccccc2)C/C=C/c2ccccc2)cc1. The summed E-state index contributed by atoms with van der Waals surface area (Å²) in [5.41, 5.74) is 4.92. The number of hydrogen-bond acceptors (Lipinski definition) is 1. The number of benzene rings is 3. The topological polar surface area (TPSA) is 9.23 Å². The van der Waals surface area contributed by atoms with E-state index >= 15 is 0 Å². The maximum absolute atomic E-state index is 5.27. The van der Waals surface area contributed by atoms with Crippen molar-refractivity contribution in [3.8, 4) is 5.75 Å². The van der Waals surface area contributed by atoms with Crippen LogP contribution in [0, 0.1) is 0 Å². The molecule has 0 aromatic heterocycles. The highest BCUT2D eigenvalue weighted by Gasteiger charge is 2.02. The minimum atomic E-state index is 0.871.